The monoisotopic (exact) mass is 292 g/mol. The number of nitrogens with one attached hydrogen (secondary N) is 1. The normalized spacial score (nSPS) is 11.3. The van der Waals surface area contributed by atoms with Crippen molar-refractivity contribution in [2.75, 3.05) is 11.9 Å². The van der Waals surface area contributed by atoms with Crippen molar-refractivity contribution in [3.63, 3.8) is 0 Å². The Bertz CT molecular complexity index is 903. The molecule has 0 aromatic carbocycles. The Balaban J connectivity index is 1.51. The Hall–Kier alpha value is -2.89. The van der Waals surface area contributed by atoms with Crippen molar-refractivity contribution in [1.29, 1.82) is 0 Å². The molecule has 1 N–H and O–H groups in total. The van der Waals surface area contributed by atoms with Gasteiger partial charge >= 0.3 is 0 Å². The fourth-order valence-electron chi connectivity index (χ4n) is 2.59. The zero-order chi connectivity index (χ0) is 14.9. The third kappa shape index (κ3) is 2.28. The van der Waals surface area contributed by atoms with Crippen LogP contribution in [0.25, 0.3) is 11.3 Å². The maximum Gasteiger partial charge on any atom is 0.157 e. The number of hydrogen-bond donors (Lipinski definition) is 1. The van der Waals surface area contributed by atoms with Crippen LogP contribution in [-0.2, 0) is 6.42 Å². The molecular formula is C16H16N6. The highest BCUT2D eigenvalue weighted by Gasteiger charge is 2.05. The Morgan fingerprint density at radius 2 is 2.09 bits per heavy atom. The van der Waals surface area contributed by atoms with Gasteiger partial charge in [-0.15, -0.1) is 0 Å². The van der Waals surface area contributed by atoms with E-state index in [0.29, 0.717) is 0 Å². The van der Waals surface area contributed by atoms with Crippen LogP contribution in [0.3, 0.4) is 0 Å². The summed E-state index contributed by atoms with van der Waals surface area (Å²) >= 11 is 0. The fraction of sp³-hybridized carbons (Fsp3) is 0.188. The first-order chi connectivity index (χ1) is 10.8. The van der Waals surface area contributed by atoms with Gasteiger partial charge in [-0.05, 0) is 19.1 Å². The van der Waals surface area contributed by atoms with Crippen molar-refractivity contribution in [1.82, 2.24) is 24.0 Å². The minimum absolute atomic E-state index is 0.794. The molecule has 0 spiro atoms. The van der Waals surface area contributed by atoms with Gasteiger partial charge in [-0.2, -0.15) is 9.61 Å². The van der Waals surface area contributed by atoms with Gasteiger partial charge in [0, 0.05) is 43.2 Å². The summed E-state index contributed by atoms with van der Waals surface area (Å²) in [6, 6.07) is 9.92. The molecule has 0 amide bonds. The molecule has 0 aliphatic rings. The molecule has 4 aromatic heterocycles. The molecule has 0 aliphatic heterocycles. The zero-order valence-electron chi connectivity index (χ0n) is 12.3. The van der Waals surface area contributed by atoms with Crippen molar-refractivity contribution in [3.05, 3.63) is 60.3 Å². The topological polar surface area (TPSA) is 59.5 Å². The second kappa shape index (κ2) is 5.14. The second-order valence-corrected chi connectivity index (χ2v) is 5.26. The van der Waals surface area contributed by atoms with E-state index in [0.717, 1.165) is 41.5 Å². The van der Waals surface area contributed by atoms with Crippen molar-refractivity contribution < 1.29 is 0 Å². The van der Waals surface area contributed by atoms with Gasteiger partial charge in [0.1, 0.15) is 11.5 Å². The highest BCUT2D eigenvalue weighted by atomic mass is 15.3. The van der Waals surface area contributed by atoms with Crippen LogP contribution in [0.4, 0.5) is 5.82 Å². The fourth-order valence-corrected chi connectivity index (χ4v) is 2.59. The Morgan fingerprint density at radius 1 is 1.14 bits per heavy atom. The average Bonchev–Trinajstić information content (AvgIpc) is 3.12. The van der Waals surface area contributed by atoms with Gasteiger partial charge in [-0.3, -0.25) is 0 Å². The summed E-state index contributed by atoms with van der Waals surface area (Å²) in [6.07, 6.45) is 6.69. The van der Waals surface area contributed by atoms with Crippen LogP contribution < -0.4 is 5.32 Å². The summed E-state index contributed by atoms with van der Waals surface area (Å²) < 4.78 is 3.86. The summed E-state index contributed by atoms with van der Waals surface area (Å²) in [5.74, 6) is 0.955. The van der Waals surface area contributed by atoms with Crippen LogP contribution in [0.1, 0.15) is 11.4 Å². The van der Waals surface area contributed by atoms with E-state index < -0.39 is 0 Å². The van der Waals surface area contributed by atoms with E-state index in [-0.39, 0.29) is 0 Å². The number of pyridine rings is 1. The average molecular weight is 292 g/mol. The molecule has 4 aromatic rings. The number of aromatic nitrogens is 5. The molecule has 22 heavy (non-hydrogen) atoms. The number of imidazole rings is 1. The molecule has 0 atom stereocenters. The van der Waals surface area contributed by atoms with E-state index in [9.17, 15) is 0 Å². The molecule has 6 nitrogen and oxygen atoms in total. The molecule has 0 bridgehead atoms. The number of rotatable bonds is 4. The van der Waals surface area contributed by atoms with Crippen LogP contribution >= 0.6 is 0 Å². The summed E-state index contributed by atoms with van der Waals surface area (Å²) in [7, 11) is 0. The highest BCUT2D eigenvalue weighted by molar-refractivity contribution is 5.49. The first kappa shape index (κ1) is 12.8. The van der Waals surface area contributed by atoms with E-state index in [4.69, 9.17) is 0 Å². The molecule has 0 saturated heterocycles. The van der Waals surface area contributed by atoms with Crippen molar-refractivity contribution >= 4 is 17.1 Å². The van der Waals surface area contributed by atoms with Gasteiger partial charge in [0.15, 0.2) is 5.65 Å². The summed E-state index contributed by atoms with van der Waals surface area (Å²) in [5.41, 5.74) is 3.88. The predicted octanol–water partition coefficient (Wildman–Crippen LogP) is 2.34. The zero-order valence-corrected chi connectivity index (χ0v) is 12.3. The molecule has 0 unspecified atom stereocenters. The summed E-state index contributed by atoms with van der Waals surface area (Å²) in [5, 5.41) is 7.71. The molecule has 4 rings (SSSR count). The van der Waals surface area contributed by atoms with Gasteiger partial charge in [0.2, 0.25) is 0 Å². The number of fused-ring (bicyclic) bond motifs is 2. The SMILES string of the molecule is Cc1cc(NCCc2cn3ccccc3n2)n2nccc2n1. The quantitative estimate of drug-likeness (QED) is 0.627. The van der Waals surface area contributed by atoms with Crippen LogP contribution in [-0.4, -0.2) is 30.5 Å². The molecule has 0 saturated carbocycles. The van der Waals surface area contributed by atoms with E-state index >= 15 is 0 Å². The smallest absolute Gasteiger partial charge is 0.157 e. The largest absolute Gasteiger partial charge is 0.370 e. The molecule has 4 heterocycles. The van der Waals surface area contributed by atoms with Crippen LogP contribution in [0.15, 0.2) is 48.9 Å². The van der Waals surface area contributed by atoms with Gasteiger partial charge in [0.25, 0.3) is 0 Å². The first-order valence-electron chi connectivity index (χ1n) is 7.27. The molecule has 0 radical (unpaired) electrons. The van der Waals surface area contributed by atoms with Gasteiger partial charge in [-0.1, -0.05) is 6.07 Å². The van der Waals surface area contributed by atoms with E-state index in [2.05, 4.69) is 26.6 Å². The molecule has 110 valence electrons. The molecular weight excluding hydrogens is 276 g/mol. The Morgan fingerprint density at radius 3 is 3.00 bits per heavy atom. The Kier molecular flexibility index (Phi) is 3.00. The lowest BCUT2D eigenvalue weighted by Crippen LogP contribution is -2.10. The number of hydrogen-bond acceptors (Lipinski definition) is 4. The lowest BCUT2D eigenvalue weighted by molar-refractivity contribution is 0.899. The van der Waals surface area contributed by atoms with Crippen molar-refractivity contribution in [2.24, 2.45) is 0 Å². The minimum atomic E-state index is 0.794. The molecule has 0 aliphatic carbocycles. The third-order valence-corrected chi connectivity index (χ3v) is 3.59. The second-order valence-electron chi connectivity index (χ2n) is 5.26. The minimum Gasteiger partial charge on any atom is -0.370 e. The number of nitrogens with zero attached hydrogens (tertiary/aromatic N) is 5. The van der Waals surface area contributed by atoms with Crippen LogP contribution in [0.2, 0.25) is 0 Å². The van der Waals surface area contributed by atoms with Crippen LogP contribution in [0.5, 0.6) is 0 Å². The molecule has 0 fully saturated rings. The maximum absolute atomic E-state index is 4.60. The van der Waals surface area contributed by atoms with Gasteiger partial charge < -0.3 is 9.72 Å². The van der Waals surface area contributed by atoms with Crippen LogP contribution in [0, 0.1) is 6.92 Å². The van der Waals surface area contributed by atoms with Gasteiger partial charge in [-0.25, -0.2) is 9.97 Å². The molecule has 6 heteroatoms. The van der Waals surface area contributed by atoms with E-state index in [1.54, 1.807) is 6.20 Å². The predicted molar refractivity (Wildman–Crippen MR) is 85.1 cm³/mol. The third-order valence-electron chi connectivity index (χ3n) is 3.59. The van der Waals surface area contributed by atoms with Gasteiger partial charge in [0.05, 0.1) is 11.9 Å². The number of aryl methyl sites for hydroxylation is 1. The first-order valence-corrected chi connectivity index (χ1v) is 7.27. The summed E-state index contributed by atoms with van der Waals surface area (Å²) in [6.45, 7) is 2.78. The standard InChI is InChI=1S/C16H16N6/c1-12-10-16(22-15(19-12)6-8-18-22)17-7-5-13-11-21-9-3-2-4-14(21)20-13/h2-4,6,8-11,17H,5,7H2,1H3. The number of anilines is 1. The van der Waals surface area contributed by atoms with E-state index in [1.807, 2.05) is 52.4 Å². The maximum atomic E-state index is 4.60. The lowest BCUT2D eigenvalue weighted by Gasteiger charge is -2.08. The Labute approximate surface area is 127 Å². The van der Waals surface area contributed by atoms with E-state index in [1.165, 1.54) is 0 Å². The van der Waals surface area contributed by atoms with Crippen molar-refractivity contribution in [2.45, 2.75) is 13.3 Å². The highest BCUT2D eigenvalue weighted by Crippen LogP contribution is 2.12. The van der Waals surface area contributed by atoms with Crippen molar-refractivity contribution in [3.8, 4) is 0 Å². The summed E-state index contributed by atoms with van der Waals surface area (Å²) in [4.78, 5) is 9.04. The lowest BCUT2D eigenvalue weighted by atomic mass is 10.3.